The van der Waals surface area contributed by atoms with E-state index in [2.05, 4.69) is 16.3 Å². The molecule has 0 spiro atoms. The largest absolute Gasteiger partial charge is 0.504 e. The highest BCUT2D eigenvalue weighted by atomic mass is 16.7. The van der Waals surface area contributed by atoms with Gasteiger partial charge < -0.3 is 35.1 Å². The molecule has 10 nitrogen and oxygen atoms in total. The average molecular weight is 507 g/mol. The van der Waals surface area contributed by atoms with Crippen molar-refractivity contribution in [2.45, 2.75) is 63.8 Å². The number of esters is 1. The number of benzene rings is 2. The molecule has 4 heterocycles. The van der Waals surface area contributed by atoms with Gasteiger partial charge in [0.2, 0.25) is 6.79 Å². The van der Waals surface area contributed by atoms with Gasteiger partial charge in [-0.05, 0) is 37.8 Å². The fourth-order valence-corrected chi connectivity index (χ4v) is 6.93. The Morgan fingerprint density at radius 1 is 1.27 bits per heavy atom. The first-order chi connectivity index (χ1) is 17.8. The molecule has 1 fully saturated rings. The van der Waals surface area contributed by atoms with Crippen LogP contribution in [0.2, 0.25) is 0 Å². The molecule has 2 bridgehead atoms. The Kier molecular flexibility index (Phi) is 5.49. The number of nitrogens with zero attached hydrogens (tertiary/aromatic N) is 2. The van der Waals surface area contributed by atoms with Gasteiger partial charge in [0.15, 0.2) is 23.0 Å². The number of aryl methyl sites for hydroxylation is 1. The van der Waals surface area contributed by atoms with Gasteiger partial charge in [0.05, 0.1) is 25.3 Å². The number of methoxy groups -OCH3 is 1. The van der Waals surface area contributed by atoms with Crippen molar-refractivity contribution >= 4 is 5.97 Å². The molecule has 0 amide bonds. The Labute approximate surface area is 214 Å². The van der Waals surface area contributed by atoms with E-state index in [4.69, 9.17) is 24.7 Å². The molecule has 6 rings (SSSR count). The van der Waals surface area contributed by atoms with Gasteiger partial charge in [0.25, 0.3) is 0 Å². The molecule has 37 heavy (non-hydrogen) atoms. The zero-order valence-electron chi connectivity index (χ0n) is 21.3. The highest BCUT2D eigenvalue weighted by Crippen LogP contribution is 2.56. The van der Waals surface area contributed by atoms with Crippen LogP contribution in [0.4, 0.5) is 0 Å². The quantitative estimate of drug-likeness (QED) is 0.419. The number of phenols is 1. The number of ether oxygens (including phenoxy) is 4. The Bertz CT molecular complexity index is 1370. The van der Waals surface area contributed by atoms with Crippen LogP contribution in [0.3, 0.4) is 0 Å². The van der Waals surface area contributed by atoms with Gasteiger partial charge in [-0.3, -0.25) is 9.69 Å². The van der Waals surface area contributed by atoms with Crippen LogP contribution in [0, 0.1) is 25.2 Å². The molecule has 2 aromatic rings. The molecular weight excluding hydrogens is 476 g/mol. The van der Waals surface area contributed by atoms with Gasteiger partial charge >= 0.3 is 5.97 Å². The number of hydrogen-bond donors (Lipinski definition) is 3. The fraction of sp³-hybridized carbons (Fsp3) is 0.481. The Hall–Kier alpha value is -3.52. The molecule has 1 saturated heterocycles. The minimum Gasteiger partial charge on any atom is -0.504 e. The van der Waals surface area contributed by atoms with Crippen LogP contribution in [0.5, 0.6) is 28.7 Å². The van der Waals surface area contributed by atoms with E-state index < -0.39 is 12.0 Å². The summed E-state index contributed by atoms with van der Waals surface area (Å²) in [5.41, 5.74) is 11.4. The maximum absolute atomic E-state index is 12.1. The van der Waals surface area contributed by atoms with Crippen LogP contribution in [0.15, 0.2) is 6.07 Å². The van der Waals surface area contributed by atoms with Gasteiger partial charge in [0, 0.05) is 47.8 Å². The van der Waals surface area contributed by atoms with E-state index in [0.29, 0.717) is 41.4 Å². The summed E-state index contributed by atoms with van der Waals surface area (Å²) in [7, 11) is 1.55. The van der Waals surface area contributed by atoms with Crippen molar-refractivity contribution in [3.05, 3.63) is 39.4 Å². The van der Waals surface area contributed by atoms with Crippen LogP contribution in [-0.2, 0) is 17.6 Å². The number of rotatable bonds is 3. The van der Waals surface area contributed by atoms with Crippen molar-refractivity contribution in [1.82, 2.24) is 10.2 Å². The highest BCUT2D eigenvalue weighted by Gasteiger charge is 2.54. The third kappa shape index (κ3) is 3.24. The third-order valence-electron chi connectivity index (χ3n) is 8.23. The van der Waals surface area contributed by atoms with E-state index in [-0.39, 0.29) is 43.3 Å². The van der Waals surface area contributed by atoms with Crippen LogP contribution in [-0.4, -0.2) is 54.5 Å². The predicted octanol–water partition coefficient (Wildman–Crippen LogP) is 2.06. The third-order valence-corrected chi connectivity index (χ3v) is 8.23. The number of fused-ring (bicyclic) bond motifs is 9. The molecular formula is C27H30N4O6. The second-order valence-electron chi connectivity index (χ2n) is 10.2. The molecule has 10 heteroatoms. The Morgan fingerprint density at radius 3 is 2.70 bits per heavy atom. The van der Waals surface area contributed by atoms with Gasteiger partial charge in [0.1, 0.15) is 11.8 Å². The van der Waals surface area contributed by atoms with Crippen molar-refractivity contribution in [1.29, 1.82) is 5.26 Å². The number of piperazine rings is 1. The van der Waals surface area contributed by atoms with E-state index in [1.807, 2.05) is 19.9 Å². The zero-order valence-corrected chi connectivity index (χ0v) is 21.3. The van der Waals surface area contributed by atoms with E-state index >= 15 is 0 Å². The van der Waals surface area contributed by atoms with Crippen LogP contribution >= 0.6 is 0 Å². The average Bonchev–Trinajstić information content (AvgIpc) is 3.36. The summed E-state index contributed by atoms with van der Waals surface area (Å²) in [5, 5.41) is 25.4. The molecule has 0 aromatic heterocycles. The second-order valence-corrected chi connectivity index (χ2v) is 10.2. The number of nitrogens with two attached hydrogens (primary N) is 1. The lowest BCUT2D eigenvalue weighted by Gasteiger charge is -2.56. The van der Waals surface area contributed by atoms with Gasteiger partial charge in [-0.25, -0.2) is 0 Å². The molecule has 0 radical (unpaired) electrons. The summed E-state index contributed by atoms with van der Waals surface area (Å²) in [6.07, 6.45) is 1.03. The van der Waals surface area contributed by atoms with Gasteiger partial charge in [-0.15, -0.1) is 0 Å². The molecule has 4 N–H and O–H groups in total. The SMILES string of the molecule is COc1c(C)cc2c(c1O)C1N[C@H](C2)[C@H](C#N)N2C1Cc1c(OC(C)=O)c(C)c3c(c1[C@@H]2CN)OCO3. The van der Waals surface area contributed by atoms with Crippen molar-refractivity contribution in [2.75, 3.05) is 20.4 Å². The fourth-order valence-electron chi connectivity index (χ4n) is 6.93. The first kappa shape index (κ1) is 23.9. The van der Waals surface area contributed by atoms with Crippen molar-refractivity contribution in [2.24, 2.45) is 5.73 Å². The second kappa shape index (κ2) is 8.52. The van der Waals surface area contributed by atoms with Gasteiger partial charge in [-0.2, -0.15) is 5.26 Å². The van der Waals surface area contributed by atoms with E-state index in [1.54, 1.807) is 7.11 Å². The molecule has 194 valence electrons. The minimum atomic E-state index is -0.475. The lowest BCUT2D eigenvalue weighted by molar-refractivity contribution is -0.132. The molecule has 0 saturated carbocycles. The number of aromatic hydroxyl groups is 1. The molecule has 5 atom stereocenters. The number of hydrogen-bond acceptors (Lipinski definition) is 10. The monoisotopic (exact) mass is 506 g/mol. The molecule has 4 aliphatic heterocycles. The zero-order chi connectivity index (χ0) is 26.2. The van der Waals surface area contributed by atoms with Crippen LogP contribution in [0.1, 0.15) is 52.4 Å². The summed E-state index contributed by atoms with van der Waals surface area (Å²) in [5.74, 6) is 1.70. The Balaban J connectivity index is 1.59. The topological polar surface area (TPSA) is 139 Å². The predicted molar refractivity (Wildman–Crippen MR) is 132 cm³/mol. The number of nitrogens with one attached hydrogen (secondary N) is 1. The van der Waals surface area contributed by atoms with E-state index in [9.17, 15) is 15.2 Å². The lowest BCUT2D eigenvalue weighted by Crippen LogP contribution is -2.68. The summed E-state index contributed by atoms with van der Waals surface area (Å²) in [6.45, 7) is 5.40. The molecule has 0 aliphatic carbocycles. The number of carbonyl (C=O) groups is 1. The normalized spacial score (nSPS) is 27.0. The molecule has 2 unspecified atom stereocenters. The first-order valence-electron chi connectivity index (χ1n) is 12.5. The maximum Gasteiger partial charge on any atom is 0.308 e. The van der Waals surface area contributed by atoms with E-state index in [0.717, 1.165) is 27.8 Å². The molecule has 2 aromatic carbocycles. The van der Waals surface area contributed by atoms with Crippen molar-refractivity contribution in [3.8, 4) is 34.8 Å². The van der Waals surface area contributed by atoms with E-state index in [1.165, 1.54) is 6.92 Å². The number of phenolic OH excluding ortho intramolecular Hbond substituents is 1. The summed E-state index contributed by atoms with van der Waals surface area (Å²) < 4.78 is 23.0. The summed E-state index contributed by atoms with van der Waals surface area (Å²) >= 11 is 0. The maximum atomic E-state index is 12.1. The van der Waals surface area contributed by atoms with Crippen molar-refractivity contribution in [3.63, 3.8) is 0 Å². The molecule has 4 aliphatic rings. The summed E-state index contributed by atoms with van der Waals surface area (Å²) in [6, 6.07) is 2.99. The van der Waals surface area contributed by atoms with Crippen molar-refractivity contribution < 1.29 is 28.8 Å². The standard InChI is InChI=1S/C27H30N4O6/c1-11-5-14-6-16-18(8-28)31-17(22(30-16)20(14)23(33)24(11)34-4)7-15-21(19(31)9-29)27-26(35-10-36-27)12(2)25(15)37-13(3)32/h5,16-19,22,30,33H,6-7,9-10,29H2,1-4H3/t16-,17?,18+,19+,22?/m1/s1. The Morgan fingerprint density at radius 2 is 2.03 bits per heavy atom. The van der Waals surface area contributed by atoms with Gasteiger partial charge in [-0.1, -0.05) is 6.07 Å². The first-order valence-corrected chi connectivity index (χ1v) is 12.5. The minimum absolute atomic E-state index is 0.0573. The van der Waals surface area contributed by atoms with Crippen LogP contribution < -0.4 is 30.0 Å². The number of nitriles is 1. The number of carbonyl (C=O) groups excluding carboxylic acids is 1. The van der Waals surface area contributed by atoms with Crippen LogP contribution in [0.25, 0.3) is 0 Å². The smallest absolute Gasteiger partial charge is 0.308 e. The lowest BCUT2D eigenvalue weighted by atomic mass is 9.72. The highest BCUT2D eigenvalue weighted by molar-refractivity contribution is 5.74. The summed E-state index contributed by atoms with van der Waals surface area (Å²) in [4.78, 5) is 14.3.